The predicted octanol–water partition coefficient (Wildman–Crippen LogP) is 3.60. The first-order valence-corrected chi connectivity index (χ1v) is 8.92. The maximum Gasteiger partial charge on any atom is 0.217 e. The van der Waals surface area contributed by atoms with Crippen LogP contribution in [-0.2, 0) is 11.2 Å². The molecule has 0 heterocycles. The minimum atomic E-state index is -0.185. The second-order valence-corrected chi connectivity index (χ2v) is 6.60. The van der Waals surface area contributed by atoms with Crippen LogP contribution in [0.3, 0.4) is 0 Å². The van der Waals surface area contributed by atoms with Crippen molar-refractivity contribution in [1.29, 1.82) is 0 Å². The Morgan fingerprint density at radius 1 is 1.11 bits per heavy atom. The topological polar surface area (TPSA) is 77.0 Å². The van der Waals surface area contributed by atoms with Gasteiger partial charge in [-0.05, 0) is 54.2 Å². The van der Waals surface area contributed by atoms with Crippen LogP contribution in [0.4, 0.5) is 0 Å². The van der Waals surface area contributed by atoms with Gasteiger partial charge in [-0.2, -0.15) is 0 Å². The second-order valence-electron chi connectivity index (χ2n) is 6.60. The maximum absolute atomic E-state index is 11.7. The highest BCUT2D eigenvalue weighted by Gasteiger charge is 2.28. The zero-order valence-corrected chi connectivity index (χ0v) is 16.1. The van der Waals surface area contributed by atoms with Crippen LogP contribution >= 0.6 is 0 Å². The van der Waals surface area contributed by atoms with Crippen molar-refractivity contribution in [3.05, 3.63) is 35.4 Å². The monoisotopic (exact) mass is 371 g/mol. The van der Waals surface area contributed by atoms with Gasteiger partial charge in [0.2, 0.25) is 11.7 Å². The van der Waals surface area contributed by atoms with Gasteiger partial charge >= 0.3 is 0 Å². The van der Waals surface area contributed by atoms with E-state index >= 15 is 0 Å². The van der Waals surface area contributed by atoms with Crippen LogP contribution in [0.5, 0.6) is 23.0 Å². The van der Waals surface area contributed by atoms with Gasteiger partial charge in [-0.1, -0.05) is 6.07 Å². The molecular weight excluding hydrogens is 346 g/mol. The molecule has 2 aromatic carbocycles. The van der Waals surface area contributed by atoms with Crippen molar-refractivity contribution in [3.8, 4) is 34.1 Å². The van der Waals surface area contributed by atoms with Crippen molar-refractivity contribution < 1.29 is 24.1 Å². The molecule has 0 spiro atoms. The van der Waals surface area contributed by atoms with Crippen LogP contribution in [0.15, 0.2) is 24.3 Å². The molecule has 0 unspecified atom stereocenters. The summed E-state index contributed by atoms with van der Waals surface area (Å²) in [6.07, 6.45) is 2.44. The van der Waals surface area contributed by atoms with Gasteiger partial charge in [0.1, 0.15) is 5.75 Å². The highest BCUT2D eigenvalue weighted by atomic mass is 16.5. The predicted molar refractivity (Wildman–Crippen MR) is 103 cm³/mol. The quantitative estimate of drug-likeness (QED) is 0.859. The molecule has 0 radical (unpaired) electrons. The average Bonchev–Trinajstić information content (AvgIpc) is 2.64. The van der Waals surface area contributed by atoms with Crippen molar-refractivity contribution in [2.75, 3.05) is 21.3 Å². The lowest BCUT2D eigenvalue weighted by molar-refractivity contribution is -0.119. The summed E-state index contributed by atoms with van der Waals surface area (Å²) < 4.78 is 16.8. The molecule has 2 N–H and O–H groups in total. The smallest absolute Gasteiger partial charge is 0.217 e. The number of aromatic hydroxyl groups is 1. The van der Waals surface area contributed by atoms with Crippen molar-refractivity contribution in [3.63, 3.8) is 0 Å². The third-order valence-electron chi connectivity index (χ3n) is 4.91. The Labute approximate surface area is 159 Å². The Morgan fingerprint density at radius 2 is 1.85 bits per heavy atom. The molecule has 0 saturated heterocycles. The summed E-state index contributed by atoms with van der Waals surface area (Å²) >= 11 is 0. The van der Waals surface area contributed by atoms with Crippen molar-refractivity contribution in [1.82, 2.24) is 5.32 Å². The number of hydrogen-bond donors (Lipinski definition) is 2. The van der Waals surface area contributed by atoms with E-state index in [2.05, 4.69) is 5.32 Å². The first-order chi connectivity index (χ1) is 13.0. The number of fused-ring (bicyclic) bond motifs is 3. The van der Waals surface area contributed by atoms with E-state index < -0.39 is 0 Å². The number of methoxy groups -OCH3 is 3. The van der Waals surface area contributed by atoms with Gasteiger partial charge in [-0.3, -0.25) is 4.79 Å². The van der Waals surface area contributed by atoms with Gasteiger partial charge in [-0.15, -0.1) is 0 Å². The van der Waals surface area contributed by atoms with E-state index in [9.17, 15) is 9.90 Å². The number of ether oxygens (including phenoxy) is 3. The Morgan fingerprint density at radius 3 is 2.48 bits per heavy atom. The Balaban J connectivity index is 2.32. The lowest BCUT2D eigenvalue weighted by Crippen LogP contribution is -2.27. The normalized spacial score (nSPS) is 15.6. The molecule has 0 aliphatic heterocycles. The standard InChI is InChI=1S/C21H25NO5/c1-12(23)22-17-7-5-6-13-10-18(25-2)20(26-3)21(27-4)19(13)15-9-8-14(24)11-16(15)17/h8-11,17,24H,5-7H2,1-4H3,(H,22,23)/t17-/m0/s1. The van der Waals surface area contributed by atoms with Crippen molar-refractivity contribution in [2.24, 2.45) is 0 Å². The largest absolute Gasteiger partial charge is 0.508 e. The number of carbonyl (C=O) groups excluding carboxylic acids is 1. The number of amides is 1. The summed E-state index contributed by atoms with van der Waals surface area (Å²) in [6, 6.07) is 7.01. The van der Waals surface area contributed by atoms with E-state index in [4.69, 9.17) is 14.2 Å². The number of rotatable bonds is 4. The molecule has 1 atom stereocenters. The number of nitrogens with one attached hydrogen (secondary N) is 1. The number of phenols is 1. The first kappa shape index (κ1) is 18.9. The summed E-state index contributed by atoms with van der Waals surface area (Å²) in [6.45, 7) is 1.50. The number of carbonyl (C=O) groups is 1. The zero-order chi connectivity index (χ0) is 19.6. The van der Waals surface area contributed by atoms with Crippen LogP contribution < -0.4 is 19.5 Å². The van der Waals surface area contributed by atoms with Crippen LogP contribution in [0, 0.1) is 0 Å². The molecule has 1 amide bonds. The third-order valence-corrected chi connectivity index (χ3v) is 4.91. The molecule has 1 aliphatic carbocycles. The summed E-state index contributed by atoms with van der Waals surface area (Å²) in [5, 5.41) is 13.1. The lowest BCUT2D eigenvalue weighted by atomic mass is 9.84. The van der Waals surface area contributed by atoms with Crippen LogP contribution in [0.1, 0.15) is 36.9 Å². The molecule has 6 nitrogen and oxygen atoms in total. The highest BCUT2D eigenvalue weighted by Crippen LogP contribution is 2.50. The molecule has 27 heavy (non-hydrogen) atoms. The fraction of sp³-hybridized carbons (Fsp3) is 0.381. The average molecular weight is 371 g/mol. The summed E-state index contributed by atoms with van der Waals surface area (Å²) in [5.41, 5.74) is 3.74. The maximum atomic E-state index is 11.7. The van der Waals surface area contributed by atoms with E-state index in [1.54, 1.807) is 33.5 Å². The van der Waals surface area contributed by atoms with Crippen LogP contribution in [-0.4, -0.2) is 32.3 Å². The van der Waals surface area contributed by atoms with Gasteiger partial charge in [0.05, 0.1) is 27.4 Å². The number of benzene rings is 2. The Kier molecular flexibility index (Phi) is 5.44. The van der Waals surface area contributed by atoms with Crippen molar-refractivity contribution in [2.45, 2.75) is 32.2 Å². The molecule has 0 bridgehead atoms. The van der Waals surface area contributed by atoms with Gasteiger partial charge in [-0.25, -0.2) is 0 Å². The van der Waals surface area contributed by atoms with Crippen molar-refractivity contribution >= 4 is 5.91 Å². The van der Waals surface area contributed by atoms with E-state index in [0.29, 0.717) is 17.2 Å². The molecule has 0 saturated carbocycles. The van der Waals surface area contributed by atoms with E-state index in [0.717, 1.165) is 41.5 Å². The summed E-state index contributed by atoms with van der Waals surface area (Å²) in [7, 11) is 4.78. The van der Waals surface area contributed by atoms with Gasteiger partial charge in [0.15, 0.2) is 11.5 Å². The SMILES string of the molecule is COc1cc2c(c(OC)c1OC)-c1ccc(O)cc1[C@@H](NC(C)=O)CCC2. The third kappa shape index (κ3) is 3.52. The molecule has 0 aromatic heterocycles. The number of aryl methyl sites for hydroxylation is 1. The molecule has 0 fully saturated rings. The Bertz CT molecular complexity index is 862. The van der Waals surface area contributed by atoms with Gasteiger partial charge in [0.25, 0.3) is 0 Å². The van der Waals surface area contributed by atoms with E-state index in [1.165, 1.54) is 6.92 Å². The zero-order valence-electron chi connectivity index (χ0n) is 16.1. The Hall–Kier alpha value is -2.89. The molecule has 6 heteroatoms. The fourth-order valence-electron chi connectivity index (χ4n) is 3.81. The molecule has 144 valence electrons. The fourth-order valence-corrected chi connectivity index (χ4v) is 3.81. The van der Waals surface area contributed by atoms with Crippen LogP contribution in [0.2, 0.25) is 0 Å². The molecule has 2 aromatic rings. The van der Waals surface area contributed by atoms with E-state index in [-0.39, 0.29) is 17.7 Å². The van der Waals surface area contributed by atoms with Gasteiger partial charge in [0, 0.05) is 12.5 Å². The lowest BCUT2D eigenvalue weighted by Gasteiger charge is -2.28. The van der Waals surface area contributed by atoms with E-state index in [1.807, 2.05) is 12.1 Å². The molecule has 3 rings (SSSR count). The number of hydrogen-bond acceptors (Lipinski definition) is 5. The minimum Gasteiger partial charge on any atom is -0.508 e. The second kappa shape index (κ2) is 7.78. The molecule has 1 aliphatic rings. The van der Waals surface area contributed by atoms with Gasteiger partial charge < -0.3 is 24.6 Å². The first-order valence-electron chi connectivity index (χ1n) is 8.92. The number of phenolic OH excluding ortho intramolecular Hbond substituents is 1. The summed E-state index contributed by atoms with van der Waals surface area (Å²) in [4.78, 5) is 11.7. The highest BCUT2D eigenvalue weighted by molar-refractivity contribution is 5.83. The summed E-state index contributed by atoms with van der Waals surface area (Å²) in [5.74, 6) is 1.78. The molecular formula is C21H25NO5. The van der Waals surface area contributed by atoms with Crippen LogP contribution in [0.25, 0.3) is 11.1 Å². The minimum absolute atomic E-state index is 0.102.